The van der Waals surface area contributed by atoms with Crippen LogP contribution >= 0.6 is 33.3 Å². The van der Waals surface area contributed by atoms with Crippen molar-refractivity contribution in [1.82, 2.24) is 15.1 Å². The van der Waals surface area contributed by atoms with E-state index in [0.29, 0.717) is 25.4 Å². The number of piperidine rings is 1. The Balaban J connectivity index is 1.57. The van der Waals surface area contributed by atoms with E-state index < -0.39 is 0 Å². The predicted octanol–water partition coefficient (Wildman–Crippen LogP) is 3.38. The number of nitrogens with one attached hydrogen (secondary N) is 1. The third-order valence-corrected chi connectivity index (χ3v) is 8.18. The summed E-state index contributed by atoms with van der Waals surface area (Å²) in [7, 11) is 7.82. The summed E-state index contributed by atoms with van der Waals surface area (Å²) in [4.78, 5) is 30.0. The second kappa shape index (κ2) is 13.5. The molecule has 29 heavy (non-hydrogen) atoms. The molecule has 1 N–H and O–H groups in total. The lowest BCUT2D eigenvalue weighted by molar-refractivity contribution is -0.133. The molecule has 1 aliphatic rings. The number of nitrogens with zero attached hydrogens (tertiary/aromatic N) is 2. The molecular formula is C21H33N3O2S3. The van der Waals surface area contributed by atoms with E-state index in [1.54, 1.807) is 11.8 Å². The second-order valence-electron chi connectivity index (χ2n) is 7.50. The number of thioether (sulfide) groups is 1. The van der Waals surface area contributed by atoms with E-state index in [0.717, 1.165) is 35.8 Å². The Morgan fingerprint density at radius 3 is 2.41 bits per heavy atom. The van der Waals surface area contributed by atoms with Crippen molar-refractivity contribution in [3.05, 3.63) is 29.8 Å². The van der Waals surface area contributed by atoms with Crippen LogP contribution in [0.4, 0.5) is 0 Å². The average Bonchev–Trinajstić information content (AvgIpc) is 2.72. The predicted molar refractivity (Wildman–Crippen MR) is 128 cm³/mol. The van der Waals surface area contributed by atoms with E-state index in [1.165, 1.54) is 5.56 Å². The zero-order valence-corrected chi connectivity index (χ0v) is 20.1. The molecule has 2 amide bonds. The average molecular weight is 456 g/mol. The van der Waals surface area contributed by atoms with Crippen molar-refractivity contribution in [1.29, 1.82) is 0 Å². The van der Waals surface area contributed by atoms with Crippen LogP contribution in [0, 0.1) is 12.8 Å². The maximum absolute atomic E-state index is 12.5. The summed E-state index contributed by atoms with van der Waals surface area (Å²) < 4.78 is 0. The fourth-order valence-electron chi connectivity index (χ4n) is 2.96. The molecule has 8 heteroatoms. The van der Waals surface area contributed by atoms with Crippen LogP contribution in [0.3, 0.4) is 0 Å². The molecule has 0 spiro atoms. The first-order valence-electron chi connectivity index (χ1n) is 10.1. The molecule has 1 heterocycles. The van der Waals surface area contributed by atoms with Gasteiger partial charge in [-0.3, -0.25) is 9.59 Å². The van der Waals surface area contributed by atoms with Crippen molar-refractivity contribution in [2.24, 2.45) is 5.92 Å². The summed E-state index contributed by atoms with van der Waals surface area (Å²) in [6.07, 6.45) is 1.52. The number of benzene rings is 1. The van der Waals surface area contributed by atoms with Gasteiger partial charge in [0.25, 0.3) is 0 Å². The van der Waals surface area contributed by atoms with Gasteiger partial charge in [-0.25, -0.2) is 0 Å². The van der Waals surface area contributed by atoms with Gasteiger partial charge < -0.3 is 15.1 Å². The summed E-state index contributed by atoms with van der Waals surface area (Å²) in [5.41, 5.74) is 1.22. The molecule has 0 radical (unpaired) electrons. The molecule has 1 aliphatic heterocycles. The Labute approximate surface area is 187 Å². The molecule has 2 rings (SSSR count). The van der Waals surface area contributed by atoms with E-state index in [4.69, 9.17) is 0 Å². The standard InChI is InChI=1S/C21H33N3O2S3/c1-17-4-6-19(7-5-17)27-16-20(25)24-11-8-18(9-12-24)21(26)22-10-14-28-29-15-13-23(2)3/h4-7,18H,8-16H2,1-3H3,(H,22,26). The quantitative estimate of drug-likeness (QED) is 0.314. The van der Waals surface area contributed by atoms with Crippen LogP contribution in [0.25, 0.3) is 0 Å². The van der Waals surface area contributed by atoms with E-state index in [2.05, 4.69) is 55.5 Å². The Kier molecular flexibility index (Phi) is 11.4. The van der Waals surface area contributed by atoms with Crippen LogP contribution in [0.15, 0.2) is 29.2 Å². The number of hydrogen-bond acceptors (Lipinski definition) is 6. The highest BCUT2D eigenvalue weighted by Crippen LogP contribution is 2.22. The van der Waals surface area contributed by atoms with E-state index in [-0.39, 0.29) is 17.7 Å². The highest BCUT2D eigenvalue weighted by atomic mass is 33.1. The lowest BCUT2D eigenvalue weighted by Crippen LogP contribution is -2.44. The van der Waals surface area contributed by atoms with E-state index in [1.807, 2.05) is 26.5 Å². The molecule has 0 aliphatic carbocycles. The van der Waals surface area contributed by atoms with Gasteiger partial charge in [-0.1, -0.05) is 39.3 Å². The summed E-state index contributed by atoms with van der Waals surface area (Å²) in [5, 5.41) is 3.06. The Morgan fingerprint density at radius 2 is 1.76 bits per heavy atom. The zero-order valence-electron chi connectivity index (χ0n) is 17.7. The zero-order chi connectivity index (χ0) is 21.1. The topological polar surface area (TPSA) is 52.7 Å². The van der Waals surface area contributed by atoms with Crippen LogP contribution in [-0.4, -0.2) is 79.1 Å². The summed E-state index contributed by atoms with van der Waals surface area (Å²) >= 11 is 1.58. The van der Waals surface area contributed by atoms with Crippen molar-refractivity contribution in [3.63, 3.8) is 0 Å². The second-order valence-corrected chi connectivity index (χ2v) is 11.2. The Hall–Kier alpha value is -0.830. The van der Waals surface area contributed by atoms with Crippen LogP contribution < -0.4 is 5.32 Å². The number of carbonyl (C=O) groups is 2. The number of hydrogen-bond donors (Lipinski definition) is 1. The van der Waals surface area contributed by atoms with Crippen LogP contribution in [-0.2, 0) is 9.59 Å². The van der Waals surface area contributed by atoms with Crippen molar-refractivity contribution >= 4 is 45.2 Å². The molecule has 0 atom stereocenters. The molecule has 1 aromatic carbocycles. The summed E-state index contributed by atoms with van der Waals surface area (Å²) in [5.74, 6) is 2.83. The van der Waals surface area contributed by atoms with Gasteiger partial charge in [-0.15, -0.1) is 11.8 Å². The molecule has 1 fully saturated rings. The van der Waals surface area contributed by atoms with Crippen molar-refractivity contribution in [2.75, 3.05) is 57.5 Å². The van der Waals surface area contributed by atoms with Gasteiger partial charge in [0.1, 0.15) is 0 Å². The monoisotopic (exact) mass is 455 g/mol. The van der Waals surface area contributed by atoms with Gasteiger partial charge in [0.2, 0.25) is 11.8 Å². The largest absolute Gasteiger partial charge is 0.355 e. The molecule has 0 saturated carbocycles. The molecule has 1 aromatic rings. The molecule has 0 unspecified atom stereocenters. The van der Waals surface area contributed by atoms with Crippen molar-refractivity contribution in [2.45, 2.75) is 24.7 Å². The van der Waals surface area contributed by atoms with Gasteiger partial charge in [0.05, 0.1) is 5.75 Å². The van der Waals surface area contributed by atoms with Crippen LogP contribution in [0.1, 0.15) is 18.4 Å². The maximum atomic E-state index is 12.5. The minimum atomic E-state index is 0.0372. The summed E-state index contributed by atoms with van der Waals surface area (Å²) in [6, 6.07) is 8.25. The lowest BCUT2D eigenvalue weighted by Gasteiger charge is -2.31. The summed E-state index contributed by atoms with van der Waals surface area (Å²) in [6.45, 7) is 5.21. The molecule has 1 saturated heterocycles. The van der Waals surface area contributed by atoms with E-state index in [9.17, 15) is 9.59 Å². The van der Waals surface area contributed by atoms with Crippen molar-refractivity contribution < 1.29 is 9.59 Å². The first kappa shape index (κ1) is 24.4. The Morgan fingerprint density at radius 1 is 1.10 bits per heavy atom. The smallest absolute Gasteiger partial charge is 0.232 e. The Bertz CT molecular complexity index is 633. The van der Waals surface area contributed by atoms with Gasteiger partial charge >= 0.3 is 0 Å². The third-order valence-electron chi connectivity index (χ3n) is 4.79. The molecular weight excluding hydrogens is 422 g/mol. The lowest BCUT2D eigenvalue weighted by atomic mass is 9.96. The number of rotatable bonds is 11. The van der Waals surface area contributed by atoms with Gasteiger partial charge in [-0.2, -0.15) is 0 Å². The minimum Gasteiger partial charge on any atom is -0.355 e. The maximum Gasteiger partial charge on any atom is 0.232 e. The first-order chi connectivity index (χ1) is 14.0. The van der Waals surface area contributed by atoms with Gasteiger partial charge in [0, 0.05) is 48.5 Å². The highest BCUT2D eigenvalue weighted by Gasteiger charge is 2.27. The molecule has 0 bridgehead atoms. The fourth-order valence-corrected chi connectivity index (χ4v) is 5.80. The number of aryl methyl sites for hydroxylation is 1. The number of amides is 2. The minimum absolute atomic E-state index is 0.0372. The number of carbonyl (C=O) groups excluding carboxylic acids is 2. The first-order valence-corrected chi connectivity index (χ1v) is 13.6. The molecule has 0 aromatic heterocycles. The van der Waals surface area contributed by atoms with Crippen LogP contribution in [0.2, 0.25) is 0 Å². The van der Waals surface area contributed by atoms with Gasteiger partial charge in [0.15, 0.2) is 0 Å². The fraction of sp³-hybridized carbons (Fsp3) is 0.619. The van der Waals surface area contributed by atoms with Crippen molar-refractivity contribution in [3.8, 4) is 0 Å². The molecule has 5 nitrogen and oxygen atoms in total. The van der Waals surface area contributed by atoms with Crippen LogP contribution in [0.5, 0.6) is 0 Å². The number of likely N-dealkylation sites (tertiary alicyclic amines) is 1. The molecule has 162 valence electrons. The SMILES string of the molecule is Cc1ccc(SCC(=O)N2CCC(C(=O)NCCSSCCN(C)C)CC2)cc1. The van der Waals surface area contributed by atoms with E-state index >= 15 is 0 Å². The van der Waals surface area contributed by atoms with Gasteiger partial charge in [-0.05, 0) is 46.0 Å². The normalized spacial score (nSPS) is 15.0. The highest BCUT2D eigenvalue weighted by molar-refractivity contribution is 8.76. The third kappa shape index (κ3) is 9.68.